The van der Waals surface area contributed by atoms with Crippen LogP contribution in [0.2, 0.25) is 5.02 Å². The van der Waals surface area contributed by atoms with Gasteiger partial charge in [-0.2, -0.15) is 5.26 Å². The highest BCUT2D eigenvalue weighted by atomic mass is 35.5. The van der Waals surface area contributed by atoms with E-state index in [0.29, 0.717) is 24.3 Å². The Morgan fingerprint density at radius 2 is 1.76 bits per heavy atom. The number of nitriles is 1. The number of amides is 1. The SMILES string of the molecule is COc1cc(CN2CCN(C)CC2)ccc1C1(N2CCC[C@H]2C(=O)O)C(=O)N(S(=O)(=O)c2ccc(C#N)cc2)c2ccc(Cl)cc21. The maximum Gasteiger partial charge on any atom is 0.320 e. The molecule has 2 saturated heterocycles. The van der Waals surface area contributed by atoms with E-state index >= 15 is 4.79 Å². The fourth-order valence-corrected chi connectivity index (χ4v) is 8.54. The number of carbonyl (C=O) groups is 2. The minimum absolute atomic E-state index is 0.0679. The zero-order valence-electron chi connectivity index (χ0n) is 25.5. The van der Waals surface area contributed by atoms with Crippen LogP contribution in [0.4, 0.5) is 5.69 Å². The van der Waals surface area contributed by atoms with Crippen molar-refractivity contribution in [3.63, 3.8) is 0 Å². The van der Waals surface area contributed by atoms with E-state index in [2.05, 4.69) is 16.8 Å². The van der Waals surface area contributed by atoms with Gasteiger partial charge in [0.15, 0.2) is 5.54 Å². The number of sulfonamides is 1. The number of carboxylic acid groups (broad SMARTS) is 1. The van der Waals surface area contributed by atoms with Gasteiger partial charge in [-0.15, -0.1) is 0 Å². The highest BCUT2D eigenvalue weighted by Crippen LogP contribution is 2.55. The summed E-state index contributed by atoms with van der Waals surface area (Å²) < 4.78 is 35.3. The summed E-state index contributed by atoms with van der Waals surface area (Å²) in [5, 5.41) is 19.8. The van der Waals surface area contributed by atoms with E-state index in [-0.39, 0.29) is 39.7 Å². The Balaban J connectivity index is 1.56. The van der Waals surface area contributed by atoms with E-state index in [9.17, 15) is 23.6 Å². The molecular formula is C33H34ClN5O6S. The Labute approximate surface area is 273 Å². The zero-order valence-corrected chi connectivity index (χ0v) is 27.1. The van der Waals surface area contributed by atoms with Crippen LogP contribution >= 0.6 is 11.6 Å². The summed E-state index contributed by atoms with van der Waals surface area (Å²) in [6.45, 7) is 4.54. The maximum absolute atomic E-state index is 15.1. The van der Waals surface area contributed by atoms with Crippen LogP contribution in [0.5, 0.6) is 5.75 Å². The number of benzene rings is 3. The lowest BCUT2D eigenvalue weighted by molar-refractivity contribution is -0.145. The lowest BCUT2D eigenvalue weighted by Crippen LogP contribution is -2.58. The van der Waals surface area contributed by atoms with E-state index in [1.54, 1.807) is 11.0 Å². The number of rotatable bonds is 8. The minimum Gasteiger partial charge on any atom is -0.496 e. The van der Waals surface area contributed by atoms with Crippen molar-refractivity contribution in [3.05, 3.63) is 87.9 Å². The van der Waals surface area contributed by atoms with Crippen LogP contribution in [0.1, 0.15) is 35.1 Å². The first-order valence-electron chi connectivity index (χ1n) is 15.0. The van der Waals surface area contributed by atoms with Crippen LogP contribution in [-0.2, 0) is 31.7 Å². The van der Waals surface area contributed by atoms with Gasteiger partial charge in [-0.1, -0.05) is 23.7 Å². The predicted octanol–water partition coefficient (Wildman–Crippen LogP) is 3.50. The molecule has 0 aliphatic carbocycles. The molecule has 1 amide bonds. The molecule has 3 aliphatic heterocycles. The molecular weight excluding hydrogens is 630 g/mol. The number of ether oxygens (including phenoxy) is 1. The van der Waals surface area contributed by atoms with Crippen molar-refractivity contribution < 1.29 is 27.9 Å². The van der Waals surface area contributed by atoms with Crippen LogP contribution in [0.25, 0.3) is 0 Å². The van der Waals surface area contributed by atoms with Gasteiger partial charge in [0.2, 0.25) is 0 Å². The molecule has 3 heterocycles. The Bertz CT molecular complexity index is 1840. The first-order valence-corrected chi connectivity index (χ1v) is 16.8. The Kier molecular flexibility index (Phi) is 8.56. The number of aliphatic carboxylic acids is 1. The van der Waals surface area contributed by atoms with Crippen molar-refractivity contribution in [1.29, 1.82) is 5.26 Å². The quantitative estimate of drug-likeness (QED) is 0.382. The van der Waals surface area contributed by atoms with E-state index < -0.39 is 33.5 Å². The molecule has 2 fully saturated rings. The molecule has 46 heavy (non-hydrogen) atoms. The van der Waals surface area contributed by atoms with Crippen LogP contribution in [0, 0.1) is 11.3 Å². The smallest absolute Gasteiger partial charge is 0.320 e. The maximum atomic E-state index is 15.1. The molecule has 11 nitrogen and oxygen atoms in total. The number of hydrogen-bond donors (Lipinski definition) is 1. The first-order chi connectivity index (χ1) is 22.0. The van der Waals surface area contributed by atoms with Crippen molar-refractivity contribution in [3.8, 4) is 11.8 Å². The number of likely N-dealkylation sites (N-methyl/N-ethyl adjacent to an activating group) is 1. The van der Waals surface area contributed by atoms with Gasteiger partial charge in [-0.3, -0.25) is 19.4 Å². The summed E-state index contributed by atoms with van der Waals surface area (Å²) >= 11 is 6.54. The Morgan fingerprint density at radius 1 is 1.04 bits per heavy atom. The minimum atomic E-state index is -4.53. The number of methoxy groups -OCH3 is 1. The van der Waals surface area contributed by atoms with Gasteiger partial charge >= 0.3 is 5.97 Å². The van der Waals surface area contributed by atoms with Gasteiger partial charge in [-0.25, -0.2) is 12.7 Å². The van der Waals surface area contributed by atoms with Gasteiger partial charge in [0.05, 0.1) is 29.3 Å². The Morgan fingerprint density at radius 3 is 2.41 bits per heavy atom. The zero-order chi connectivity index (χ0) is 32.8. The lowest BCUT2D eigenvalue weighted by atomic mass is 9.80. The molecule has 3 aromatic carbocycles. The summed E-state index contributed by atoms with van der Waals surface area (Å²) in [7, 11) is -0.962. The number of hydrogen-bond acceptors (Lipinski definition) is 9. The molecule has 2 atom stereocenters. The average molecular weight is 664 g/mol. The highest BCUT2D eigenvalue weighted by molar-refractivity contribution is 7.93. The van der Waals surface area contributed by atoms with Gasteiger partial charge in [0, 0.05) is 55.4 Å². The monoisotopic (exact) mass is 663 g/mol. The standard InChI is InChI=1S/C33H34ClN5O6S/c1-36-14-16-37(17-15-36)21-23-7-11-26(30(18-23)45-2)33(38-13-3-4-29(38)31(40)41)27-19-24(34)8-12-28(27)39(32(33)42)46(43,44)25-9-5-22(20-35)6-10-25/h5-12,18-19,29H,3-4,13-17,21H2,1-2H3,(H,40,41)/t29-,33?/m0/s1. The molecule has 0 aromatic heterocycles. The molecule has 3 aromatic rings. The Hall–Kier alpha value is -3.99. The van der Waals surface area contributed by atoms with Gasteiger partial charge in [-0.05, 0) is 74.0 Å². The molecule has 0 saturated carbocycles. The summed E-state index contributed by atoms with van der Waals surface area (Å²) in [6.07, 6.45) is 0.751. The van der Waals surface area contributed by atoms with Crippen LogP contribution in [-0.4, -0.2) is 93.0 Å². The van der Waals surface area contributed by atoms with Crippen LogP contribution in [0.15, 0.2) is 65.6 Å². The van der Waals surface area contributed by atoms with Crippen molar-refractivity contribution >= 4 is 39.2 Å². The number of carbonyl (C=O) groups excluding carboxylic acids is 1. The van der Waals surface area contributed by atoms with E-state index in [1.807, 2.05) is 18.2 Å². The summed E-state index contributed by atoms with van der Waals surface area (Å²) in [5.41, 5.74) is -0.0431. The average Bonchev–Trinajstić information content (AvgIpc) is 3.64. The third kappa shape index (κ3) is 5.22. The largest absolute Gasteiger partial charge is 0.496 e. The molecule has 1 N–H and O–H groups in total. The number of halogens is 1. The van der Waals surface area contributed by atoms with Gasteiger partial charge in [0.25, 0.3) is 15.9 Å². The predicted molar refractivity (Wildman–Crippen MR) is 171 cm³/mol. The summed E-state index contributed by atoms with van der Waals surface area (Å²) in [5.74, 6) is -1.64. The van der Waals surface area contributed by atoms with Crippen molar-refractivity contribution in [2.45, 2.75) is 35.9 Å². The van der Waals surface area contributed by atoms with Crippen LogP contribution < -0.4 is 9.04 Å². The molecule has 6 rings (SSSR count). The first kappa shape index (κ1) is 32.0. The number of piperazine rings is 1. The summed E-state index contributed by atoms with van der Waals surface area (Å²) in [4.78, 5) is 33.8. The third-order valence-corrected chi connectivity index (χ3v) is 11.2. The van der Waals surface area contributed by atoms with E-state index in [0.717, 1.165) is 36.0 Å². The fourth-order valence-electron chi connectivity index (χ4n) is 6.91. The summed E-state index contributed by atoms with van der Waals surface area (Å²) in [6, 6.07) is 16.2. The third-order valence-electron chi connectivity index (χ3n) is 9.21. The molecule has 1 unspecified atom stereocenters. The second-order valence-corrected chi connectivity index (χ2v) is 14.1. The van der Waals surface area contributed by atoms with E-state index in [1.165, 1.54) is 49.6 Å². The number of likely N-dealkylation sites (tertiary alicyclic amines) is 1. The van der Waals surface area contributed by atoms with Crippen molar-refractivity contribution in [1.82, 2.24) is 14.7 Å². The molecule has 0 bridgehead atoms. The van der Waals surface area contributed by atoms with Crippen LogP contribution in [0.3, 0.4) is 0 Å². The molecule has 240 valence electrons. The topological polar surface area (TPSA) is 134 Å². The normalized spacial score (nSPS) is 22.5. The molecule has 0 radical (unpaired) electrons. The number of anilines is 1. The number of nitrogens with zero attached hydrogens (tertiary/aromatic N) is 5. The highest BCUT2D eigenvalue weighted by Gasteiger charge is 2.63. The molecule has 13 heteroatoms. The number of fused-ring (bicyclic) bond motifs is 1. The van der Waals surface area contributed by atoms with E-state index in [4.69, 9.17) is 16.3 Å². The van der Waals surface area contributed by atoms with Gasteiger partial charge < -0.3 is 14.7 Å². The number of carboxylic acids is 1. The second kappa shape index (κ2) is 12.3. The van der Waals surface area contributed by atoms with Crippen molar-refractivity contribution in [2.24, 2.45) is 0 Å². The fraction of sp³-hybridized carbons (Fsp3) is 0.364. The second-order valence-electron chi connectivity index (χ2n) is 11.9. The molecule has 3 aliphatic rings. The lowest BCUT2D eigenvalue weighted by Gasteiger charge is -2.41. The van der Waals surface area contributed by atoms with Crippen molar-refractivity contribution in [2.75, 3.05) is 51.2 Å². The van der Waals surface area contributed by atoms with Gasteiger partial charge in [0.1, 0.15) is 11.8 Å². The molecule has 0 spiro atoms.